The van der Waals surface area contributed by atoms with Crippen LogP contribution < -0.4 is 5.32 Å². The molecule has 5 heteroatoms. The van der Waals surface area contributed by atoms with Crippen LogP contribution in [0.3, 0.4) is 0 Å². The van der Waals surface area contributed by atoms with E-state index >= 15 is 0 Å². The normalized spacial score (nSPS) is 11.3. The number of rotatable bonds is 9. The van der Waals surface area contributed by atoms with Gasteiger partial charge in [0.2, 0.25) is 0 Å². The minimum absolute atomic E-state index is 0.279. The zero-order valence-electron chi connectivity index (χ0n) is 16.4. The molecule has 2 aromatic carbocycles. The lowest BCUT2D eigenvalue weighted by Crippen LogP contribution is -2.32. The molecule has 28 heavy (non-hydrogen) atoms. The fourth-order valence-electron chi connectivity index (χ4n) is 3.28. The highest BCUT2D eigenvalue weighted by Crippen LogP contribution is 2.21. The number of anilines is 1. The van der Waals surface area contributed by atoms with E-state index in [1.165, 1.54) is 5.56 Å². The molecule has 0 atom stereocenters. The van der Waals surface area contributed by atoms with Gasteiger partial charge in [-0.05, 0) is 38.0 Å². The van der Waals surface area contributed by atoms with Crippen LogP contribution in [0.2, 0.25) is 0 Å². The summed E-state index contributed by atoms with van der Waals surface area (Å²) in [6.45, 7) is 7.04. The van der Waals surface area contributed by atoms with E-state index < -0.39 is 5.97 Å². The van der Waals surface area contributed by atoms with Gasteiger partial charge < -0.3 is 10.4 Å². The standard InChI is InChI=1S/C23H27N3O2/c1-17(2)26(16-18-9-4-3-5-10-18)14-8-13-24-22-15-20(23(27)28)19-11-6-7-12-21(19)25-22/h3-7,9-12,15,17H,8,13-14,16H2,1-2H3,(H,24,25)(H,27,28). The average Bonchev–Trinajstić information content (AvgIpc) is 2.70. The van der Waals surface area contributed by atoms with Crippen molar-refractivity contribution in [1.82, 2.24) is 9.88 Å². The number of fused-ring (bicyclic) bond motifs is 1. The summed E-state index contributed by atoms with van der Waals surface area (Å²) in [5, 5.41) is 13.4. The molecule has 3 rings (SSSR count). The van der Waals surface area contributed by atoms with E-state index in [4.69, 9.17) is 0 Å². The first-order chi connectivity index (χ1) is 13.5. The van der Waals surface area contributed by atoms with Gasteiger partial charge in [0.25, 0.3) is 0 Å². The second-order valence-corrected chi connectivity index (χ2v) is 7.21. The van der Waals surface area contributed by atoms with E-state index in [-0.39, 0.29) is 5.56 Å². The number of pyridine rings is 1. The van der Waals surface area contributed by atoms with Crippen molar-refractivity contribution in [3.8, 4) is 0 Å². The van der Waals surface area contributed by atoms with Gasteiger partial charge in [0.05, 0.1) is 11.1 Å². The van der Waals surface area contributed by atoms with Crippen LogP contribution in [0.4, 0.5) is 5.82 Å². The maximum Gasteiger partial charge on any atom is 0.336 e. The molecule has 2 N–H and O–H groups in total. The number of para-hydroxylation sites is 1. The number of aromatic carboxylic acids is 1. The number of benzene rings is 2. The summed E-state index contributed by atoms with van der Waals surface area (Å²) in [5.74, 6) is -0.328. The fourth-order valence-corrected chi connectivity index (χ4v) is 3.28. The third kappa shape index (κ3) is 5.08. The topological polar surface area (TPSA) is 65.5 Å². The highest BCUT2D eigenvalue weighted by Gasteiger charge is 2.12. The average molecular weight is 377 g/mol. The second-order valence-electron chi connectivity index (χ2n) is 7.21. The molecule has 0 bridgehead atoms. The van der Waals surface area contributed by atoms with Gasteiger partial charge in [0.1, 0.15) is 5.82 Å². The number of carboxylic acid groups (broad SMARTS) is 1. The lowest BCUT2D eigenvalue weighted by atomic mass is 10.1. The van der Waals surface area contributed by atoms with Crippen molar-refractivity contribution < 1.29 is 9.90 Å². The second kappa shape index (κ2) is 9.33. The Morgan fingerprint density at radius 3 is 2.54 bits per heavy atom. The van der Waals surface area contributed by atoms with Crippen LogP contribution in [-0.4, -0.2) is 40.1 Å². The van der Waals surface area contributed by atoms with Gasteiger partial charge in [0.15, 0.2) is 0 Å². The molecular weight excluding hydrogens is 350 g/mol. The van der Waals surface area contributed by atoms with E-state index in [0.29, 0.717) is 22.8 Å². The van der Waals surface area contributed by atoms with E-state index in [9.17, 15) is 9.90 Å². The molecule has 0 saturated heterocycles. The summed E-state index contributed by atoms with van der Waals surface area (Å²) < 4.78 is 0. The van der Waals surface area contributed by atoms with Crippen molar-refractivity contribution >= 4 is 22.7 Å². The molecule has 0 aliphatic rings. The van der Waals surface area contributed by atoms with Crippen LogP contribution in [0.5, 0.6) is 0 Å². The van der Waals surface area contributed by atoms with Crippen molar-refractivity contribution in [2.45, 2.75) is 32.9 Å². The molecule has 1 heterocycles. The minimum Gasteiger partial charge on any atom is -0.478 e. The van der Waals surface area contributed by atoms with Crippen molar-refractivity contribution in [3.05, 3.63) is 71.8 Å². The smallest absolute Gasteiger partial charge is 0.336 e. The molecule has 0 spiro atoms. The number of nitrogens with one attached hydrogen (secondary N) is 1. The molecule has 146 valence electrons. The molecule has 0 aliphatic carbocycles. The zero-order chi connectivity index (χ0) is 19.9. The van der Waals surface area contributed by atoms with Crippen LogP contribution in [0, 0.1) is 0 Å². The van der Waals surface area contributed by atoms with Crippen LogP contribution in [0.15, 0.2) is 60.7 Å². The Bertz CT molecular complexity index is 926. The molecule has 0 fully saturated rings. The van der Waals surface area contributed by atoms with Gasteiger partial charge in [0, 0.05) is 31.1 Å². The van der Waals surface area contributed by atoms with Crippen molar-refractivity contribution in [2.75, 3.05) is 18.4 Å². The molecule has 0 amide bonds. The molecule has 5 nitrogen and oxygen atoms in total. The molecule has 1 aromatic heterocycles. The first-order valence-corrected chi connectivity index (χ1v) is 9.69. The van der Waals surface area contributed by atoms with Crippen LogP contribution in [0.25, 0.3) is 10.9 Å². The predicted octanol–water partition coefficient (Wildman–Crippen LogP) is 4.65. The van der Waals surface area contributed by atoms with E-state index in [0.717, 1.165) is 26.1 Å². The number of carbonyl (C=O) groups is 1. The van der Waals surface area contributed by atoms with Crippen molar-refractivity contribution in [1.29, 1.82) is 0 Å². The molecular formula is C23H27N3O2. The minimum atomic E-state index is -0.935. The Hall–Kier alpha value is -2.92. The molecule has 0 unspecified atom stereocenters. The Labute approximate surface area is 166 Å². The number of aromatic nitrogens is 1. The van der Waals surface area contributed by atoms with Gasteiger partial charge in [-0.2, -0.15) is 0 Å². The highest BCUT2D eigenvalue weighted by atomic mass is 16.4. The van der Waals surface area contributed by atoms with E-state index in [1.807, 2.05) is 24.3 Å². The van der Waals surface area contributed by atoms with Crippen LogP contribution in [-0.2, 0) is 6.54 Å². The molecule has 0 radical (unpaired) electrons. The predicted molar refractivity (Wildman–Crippen MR) is 114 cm³/mol. The number of hydrogen-bond donors (Lipinski definition) is 2. The number of carboxylic acids is 1. The van der Waals surface area contributed by atoms with Gasteiger partial charge in [-0.15, -0.1) is 0 Å². The van der Waals surface area contributed by atoms with Gasteiger partial charge in [-0.3, -0.25) is 4.90 Å². The first-order valence-electron chi connectivity index (χ1n) is 9.69. The molecule has 3 aromatic rings. The first kappa shape index (κ1) is 19.8. The summed E-state index contributed by atoms with van der Waals surface area (Å²) in [4.78, 5) is 18.6. The number of hydrogen-bond acceptors (Lipinski definition) is 4. The Morgan fingerprint density at radius 2 is 1.82 bits per heavy atom. The van der Waals surface area contributed by atoms with Crippen LogP contribution in [0.1, 0.15) is 36.2 Å². The fraction of sp³-hybridized carbons (Fsp3) is 0.304. The quantitative estimate of drug-likeness (QED) is 0.532. The monoisotopic (exact) mass is 377 g/mol. The largest absolute Gasteiger partial charge is 0.478 e. The lowest BCUT2D eigenvalue weighted by Gasteiger charge is -2.26. The summed E-state index contributed by atoms with van der Waals surface area (Å²) in [6, 6.07) is 19.9. The summed E-state index contributed by atoms with van der Waals surface area (Å²) in [7, 11) is 0. The van der Waals surface area contributed by atoms with E-state index in [1.54, 1.807) is 12.1 Å². The van der Waals surface area contributed by atoms with Gasteiger partial charge in [-0.1, -0.05) is 48.5 Å². The molecule has 0 aliphatic heterocycles. The highest BCUT2D eigenvalue weighted by molar-refractivity contribution is 6.03. The van der Waals surface area contributed by atoms with Crippen molar-refractivity contribution in [3.63, 3.8) is 0 Å². The molecule has 0 saturated carbocycles. The summed E-state index contributed by atoms with van der Waals surface area (Å²) in [6.07, 6.45) is 0.946. The maximum atomic E-state index is 11.6. The van der Waals surface area contributed by atoms with Crippen LogP contribution >= 0.6 is 0 Å². The maximum absolute atomic E-state index is 11.6. The summed E-state index contributed by atoms with van der Waals surface area (Å²) in [5.41, 5.74) is 2.28. The zero-order valence-corrected chi connectivity index (χ0v) is 16.4. The van der Waals surface area contributed by atoms with E-state index in [2.05, 4.69) is 53.3 Å². The van der Waals surface area contributed by atoms with Crippen molar-refractivity contribution in [2.24, 2.45) is 0 Å². The third-order valence-electron chi connectivity index (χ3n) is 4.83. The number of nitrogens with zero attached hydrogens (tertiary/aromatic N) is 2. The third-order valence-corrected chi connectivity index (χ3v) is 4.83. The lowest BCUT2D eigenvalue weighted by molar-refractivity contribution is 0.0699. The summed E-state index contributed by atoms with van der Waals surface area (Å²) >= 11 is 0. The Kier molecular flexibility index (Phi) is 6.61. The van der Waals surface area contributed by atoms with Gasteiger partial charge in [-0.25, -0.2) is 9.78 Å². The van der Waals surface area contributed by atoms with Gasteiger partial charge >= 0.3 is 5.97 Å². The Morgan fingerprint density at radius 1 is 1.11 bits per heavy atom. The Balaban J connectivity index is 1.60. The SMILES string of the molecule is CC(C)N(CCCNc1cc(C(=O)O)c2ccccc2n1)Cc1ccccc1.